The second-order valence-electron chi connectivity index (χ2n) is 10.8. The number of carboxylic acid groups (broad SMARTS) is 1. The quantitative estimate of drug-likeness (QED) is 0.110. The minimum absolute atomic E-state index is 0.0389. The van der Waals surface area contributed by atoms with E-state index in [1.54, 1.807) is 74.8 Å². The molecule has 1 atom stereocenters. The number of thioether (sulfide) groups is 1. The Morgan fingerprint density at radius 2 is 1.69 bits per heavy atom. The van der Waals surface area contributed by atoms with Crippen molar-refractivity contribution in [3.05, 3.63) is 114 Å². The minimum atomic E-state index is -4.60. The number of amides is 1. The lowest BCUT2D eigenvalue weighted by Gasteiger charge is -2.16. The van der Waals surface area contributed by atoms with Gasteiger partial charge in [-0.05, 0) is 48.0 Å². The van der Waals surface area contributed by atoms with Crippen molar-refractivity contribution in [3.63, 3.8) is 0 Å². The number of ketones is 1. The van der Waals surface area contributed by atoms with Gasteiger partial charge in [0.2, 0.25) is 0 Å². The number of nitrogens with zero attached hydrogens (tertiary/aromatic N) is 5. The number of halogens is 3. The van der Waals surface area contributed by atoms with Gasteiger partial charge in [0.05, 0.1) is 17.0 Å². The number of Topliss-reactive ketones (excluding diaryl/α,β-unsaturated/α-hetero) is 1. The molecule has 0 unspecified atom stereocenters. The van der Waals surface area contributed by atoms with E-state index in [4.69, 9.17) is 4.74 Å². The molecule has 0 spiro atoms. The summed E-state index contributed by atoms with van der Waals surface area (Å²) >= 11 is 1.03. The number of hydrogen-bond acceptors (Lipinski definition) is 9. The van der Waals surface area contributed by atoms with Crippen LogP contribution in [0.1, 0.15) is 21.5 Å². The Kier molecular flexibility index (Phi) is 10.6. The molecular weight excluding hydrogens is 661 g/mol. The average Bonchev–Trinajstić information content (AvgIpc) is 3.52. The SMILES string of the molecule is CN(C)C(=O)Oc1ccc(C[C@H](Nc2ccc(-c3nnc(SCC(=O)c4ccccc4)n3-c3cccc(C(F)(F)F)c3)cn2)C(=O)O)cc1. The number of pyridine rings is 1. The maximum Gasteiger partial charge on any atom is 0.416 e. The third-order valence-electron chi connectivity index (χ3n) is 7.07. The molecule has 0 aliphatic rings. The Hall–Kier alpha value is -5.70. The number of aliphatic carboxylic acids is 1. The number of hydrogen-bond donors (Lipinski definition) is 2. The van der Waals surface area contributed by atoms with E-state index in [0.717, 1.165) is 23.9 Å². The largest absolute Gasteiger partial charge is 0.480 e. The highest BCUT2D eigenvalue weighted by Gasteiger charge is 2.31. The fraction of sp³-hybridized carbons (Fsp3) is 0.176. The zero-order valence-corrected chi connectivity index (χ0v) is 26.9. The predicted molar refractivity (Wildman–Crippen MR) is 176 cm³/mol. The van der Waals surface area contributed by atoms with Crippen LogP contribution in [0, 0.1) is 0 Å². The van der Waals surface area contributed by atoms with Gasteiger partial charge < -0.3 is 20.1 Å². The summed E-state index contributed by atoms with van der Waals surface area (Å²) in [4.78, 5) is 42.3. The summed E-state index contributed by atoms with van der Waals surface area (Å²) in [5.74, 6) is -0.673. The molecule has 49 heavy (non-hydrogen) atoms. The summed E-state index contributed by atoms with van der Waals surface area (Å²) in [5.41, 5.74) is 0.773. The van der Waals surface area contributed by atoms with Crippen LogP contribution in [0.2, 0.25) is 0 Å². The second kappa shape index (κ2) is 15.0. The number of alkyl halides is 3. The van der Waals surface area contributed by atoms with Crippen molar-refractivity contribution in [2.75, 3.05) is 25.2 Å². The van der Waals surface area contributed by atoms with E-state index in [1.165, 1.54) is 33.9 Å². The highest BCUT2D eigenvalue weighted by atomic mass is 32.2. The van der Waals surface area contributed by atoms with Gasteiger partial charge in [-0.15, -0.1) is 10.2 Å². The molecule has 252 valence electrons. The summed E-state index contributed by atoms with van der Waals surface area (Å²) in [6.07, 6.45) is -3.68. The predicted octanol–water partition coefficient (Wildman–Crippen LogP) is 6.49. The lowest BCUT2D eigenvalue weighted by atomic mass is 10.1. The van der Waals surface area contributed by atoms with Crippen LogP contribution in [-0.4, -0.2) is 73.5 Å². The monoisotopic (exact) mass is 690 g/mol. The van der Waals surface area contributed by atoms with Crippen molar-refractivity contribution in [1.82, 2.24) is 24.6 Å². The first-order chi connectivity index (χ1) is 23.4. The van der Waals surface area contributed by atoms with Gasteiger partial charge in [0.25, 0.3) is 0 Å². The number of carbonyl (C=O) groups is 3. The van der Waals surface area contributed by atoms with Crippen LogP contribution in [0.5, 0.6) is 5.75 Å². The van der Waals surface area contributed by atoms with Crippen molar-refractivity contribution >= 4 is 35.4 Å². The molecule has 5 aromatic rings. The van der Waals surface area contributed by atoms with E-state index < -0.39 is 29.8 Å². The molecule has 0 aliphatic carbocycles. The van der Waals surface area contributed by atoms with E-state index in [0.29, 0.717) is 22.4 Å². The molecule has 0 bridgehead atoms. The number of rotatable bonds is 12. The molecule has 0 fully saturated rings. The fourth-order valence-corrected chi connectivity index (χ4v) is 5.40. The van der Waals surface area contributed by atoms with Gasteiger partial charge in [0.1, 0.15) is 17.6 Å². The first-order valence-corrected chi connectivity index (χ1v) is 15.7. The van der Waals surface area contributed by atoms with Crippen molar-refractivity contribution in [2.45, 2.75) is 23.8 Å². The van der Waals surface area contributed by atoms with E-state index in [2.05, 4.69) is 20.5 Å². The molecule has 2 N–H and O–H groups in total. The summed E-state index contributed by atoms with van der Waals surface area (Å²) in [7, 11) is 3.10. The van der Waals surface area contributed by atoms with E-state index in [1.807, 2.05) is 0 Å². The lowest BCUT2D eigenvalue weighted by molar-refractivity contribution is -0.138. The van der Waals surface area contributed by atoms with E-state index >= 15 is 0 Å². The van der Waals surface area contributed by atoms with Gasteiger partial charge in [-0.3, -0.25) is 9.36 Å². The zero-order valence-electron chi connectivity index (χ0n) is 26.1. The number of ether oxygens (including phenoxy) is 1. The van der Waals surface area contributed by atoms with Crippen LogP contribution in [0.15, 0.2) is 102 Å². The van der Waals surface area contributed by atoms with Gasteiger partial charge in [-0.2, -0.15) is 13.2 Å². The highest BCUT2D eigenvalue weighted by Crippen LogP contribution is 2.33. The van der Waals surface area contributed by atoms with Crippen molar-refractivity contribution in [3.8, 4) is 22.8 Å². The Balaban J connectivity index is 1.37. The minimum Gasteiger partial charge on any atom is -0.480 e. The molecule has 2 aromatic heterocycles. The van der Waals surface area contributed by atoms with E-state index in [9.17, 15) is 32.7 Å². The molecule has 2 heterocycles. The molecule has 15 heteroatoms. The van der Waals surface area contributed by atoms with Gasteiger partial charge in [-0.25, -0.2) is 14.6 Å². The van der Waals surface area contributed by atoms with Gasteiger partial charge in [-0.1, -0.05) is 60.3 Å². The summed E-state index contributed by atoms with van der Waals surface area (Å²) < 4.78 is 47.5. The van der Waals surface area contributed by atoms with Crippen molar-refractivity contribution in [1.29, 1.82) is 0 Å². The first-order valence-electron chi connectivity index (χ1n) is 14.7. The summed E-state index contributed by atoms with van der Waals surface area (Å²) in [6.45, 7) is 0. The third-order valence-corrected chi connectivity index (χ3v) is 8.00. The number of benzene rings is 3. The van der Waals surface area contributed by atoms with E-state index in [-0.39, 0.29) is 40.4 Å². The normalized spacial score (nSPS) is 11.9. The Labute approximate surface area is 282 Å². The molecule has 0 aliphatic heterocycles. The Morgan fingerprint density at radius 1 is 0.959 bits per heavy atom. The maximum absolute atomic E-state index is 13.6. The molecule has 3 aromatic carbocycles. The molecule has 5 rings (SSSR count). The Bertz CT molecular complexity index is 1940. The lowest BCUT2D eigenvalue weighted by Crippen LogP contribution is -2.31. The number of aromatic nitrogens is 4. The van der Waals surface area contributed by atoms with Crippen LogP contribution in [0.25, 0.3) is 17.1 Å². The summed E-state index contributed by atoms with van der Waals surface area (Å²) in [6, 6.07) is 21.7. The molecule has 0 saturated carbocycles. The zero-order chi connectivity index (χ0) is 35.1. The molecule has 1 amide bonds. The highest BCUT2D eigenvalue weighted by molar-refractivity contribution is 7.99. The van der Waals surface area contributed by atoms with Crippen LogP contribution < -0.4 is 10.1 Å². The number of anilines is 1. The second-order valence-corrected chi connectivity index (χ2v) is 11.8. The topological polar surface area (TPSA) is 140 Å². The number of carboxylic acids is 1. The average molecular weight is 691 g/mol. The first kappa shape index (κ1) is 34.6. The fourth-order valence-electron chi connectivity index (χ4n) is 4.55. The standard InChI is InChI=1S/C34H29F3N6O5S/c1-42(2)33(47)48-26-14-11-21(12-15-26)17-27(31(45)46)39-29-16-13-23(19-38-29)30-40-41-32(49-20-28(44)22-7-4-3-5-8-22)43(30)25-10-6-9-24(18-25)34(35,36)37/h3-16,18-19,27H,17,20H2,1-2H3,(H,38,39)(H,45,46)/t27-/m0/s1. The van der Waals surface area contributed by atoms with Crippen molar-refractivity contribution < 1.29 is 37.4 Å². The van der Waals surface area contributed by atoms with Crippen LogP contribution in [0.4, 0.5) is 23.8 Å². The molecule has 11 nitrogen and oxygen atoms in total. The molecule has 0 saturated heterocycles. The third kappa shape index (κ3) is 8.81. The van der Waals surface area contributed by atoms with Gasteiger partial charge >= 0.3 is 18.2 Å². The van der Waals surface area contributed by atoms with Crippen molar-refractivity contribution in [2.24, 2.45) is 0 Å². The van der Waals surface area contributed by atoms with Crippen LogP contribution in [-0.2, 0) is 17.4 Å². The van der Waals surface area contributed by atoms with Crippen LogP contribution in [0.3, 0.4) is 0 Å². The number of nitrogens with one attached hydrogen (secondary N) is 1. The molecule has 0 radical (unpaired) electrons. The van der Waals surface area contributed by atoms with Gasteiger partial charge in [0.15, 0.2) is 16.8 Å². The molecular formula is C34H29F3N6O5S. The van der Waals surface area contributed by atoms with Crippen LogP contribution >= 0.6 is 11.8 Å². The van der Waals surface area contributed by atoms with Gasteiger partial charge in [0, 0.05) is 37.8 Å². The maximum atomic E-state index is 13.6. The number of carbonyl (C=O) groups excluding carboxylic acids is 2. The Morgan fingerprint density at radius 3 is 2.33 bits per heavy atom. The summed E-state index contributed by atoms with van der Waals surface area (Å²) in [5, 5.41) is 21.4. The smallest absolute Gasteiger partial charge is 0.416 e.